The first kappa shape index (κ1) is 22.3. The van der Waals surface area contributed by atoms with Gasteiger partial charge in [0, 0.05) is 23.3 Å². The number of hydrogen-bond acceptors (Lipinski definition) is 4. The van der Waals surface area contributed by atoms with E-state index in [1.165, 1.54) is 18.2 Å². The van der Waals surface area contributed by atoms with Gasteiger partial charge in [-0.2, -0.15) is 0 Å². The lowest BCUT2D eigenvalue weighted by atomic mass is 9.76. The van der Waals surface area contributed by atoms with Crippen LogP contribution in [0.2, 0.25) is 0 Å². The number of allylic oxidation sites excluding steroid dienone is 3. The molecule has 0 fully saturated rings. The summed E-state index contributed by atoms with van der Waals surface area (Å²) >= 11 is 0. The highest BCUT2D eigenvalue weighted by Crippen LogP contribution is 2.50. The van der Waals surface area contributed by atoms with Gasteiger partial charge in [0.25, 0.3) is 0 Å². The highest BCUT2D eigenvalue weighted by molar-refractivity contribution is 5.77. The summed E-state index contributed by atoms with van der Waals surface area (Å²) in [5.74, 6) is -1.33. The number of anilines is 1. The molecule has 2 aromatic rings. The lowest BCUT2D eigenvalue weighted by Crippen LogP contribution is -2.34. The highest BCUT2D eigenvalue weighted by Gasteiger charge is 2.45. The number of hydrogen-bond donors (Lipinski definition) is 3. The van der Waals surface area contributed by atoms with Crippen LogP contribution in [0.5, 0.6) is 0 Å². The smallest absolute Gasteiger partial charge is 0.221 e. The molecule has 5 rings (SSSR count). The van der Waals surface area contributed by atoms with Gasteiger partial charge in [-0.25, -0.2) is 8.78 Å². The van der Waals surface area contributed by atoms with Crippen molar-refractivity contribution >= 4 is 11.6 Å². The number of aliphatic hydroxyl groups is 1. The lowest BCUT2D eigenvalue weighted by molar-refractivity contribution is -0.117. The maximum absolute atomic E-state index is 14.4. The molecule has 0 bridgehead atoms. The third-order valence-electron chi connectivity index (χ3n) is 7.21. The fraction of sp³-hybridized carbons (Fsp3) is 0.296. The number of carbonyl (C=O) groups excluding carboxylic acids is 1. The predicted octanol–water partition coefficient (Wildman–Crippen LogP) is 4.19. The maximum Gasteiger partial charge on any atom is 0.221 e. The zero-order valence-corrected chi connectivity index (χ0v) is 18.9. The molecule has 2 atom stereocenters. The number of hydrazine groups is 1. The molecule has 1 heterocycles. The molecule has 1 amide bonds. The number of nitrogens with two attached hydrogens (primary N) is 1. The fourth-order valence-electron chi connectivity index (χ4n) is 5.58. The van der Waals surface area contributed by atoms with Crippen LogP contribution in [-0.2, 0) is 17.6 Å². The van der Waals surface area contributed by atoms with E-state index in [9.17, 15) is 18.7 Å². The second kappa shape index (κ2) is 8.40. The van der Waals surface area contributed by atoms with Crippen molar-refractivity contribution in [1.29, 1.82) is 0 Å². The van der Waals surface area contributed by atoms with Gasteiger partial charge in [-0.05, 0) is 78.8 Å². The summed E-state index contributed by atoms with van der Waals surface area (Å²) in [6.45, 7) is 2.08. The molecule has 0 spiro atoms. The molecular weight excluding hydrogens is 436 g/mol. The van der Waals surface area contributed by atoms with Crippen LogP contribution in [0.15, 0.2) is 77.2 Å². The lowest BCUT2D eigenvalue weighted by Gasteiger charge is -2.34. The van der Waals surface area contributed by atoms with Crippen LogP contribution >= 0.6 is 0 Å². The minimum absolute atomic E-state index is 0.0157. The number of nitrogens with zero attached hydrogens (tertiary/aromatic N) is 1. The number of primary amides is 1. The van der Waals surface area contributed by atoms with Crippen LogP contribution in [0, 0.1) is 17.6 Å². The Labute approximate surface area is 197 Å². The molecule has 0 aromatic heterocycles. The maximum atomic E-state index is 14.4. The van der Waals surface area contributed by atoms with E-state index in [4.69, 9.17) is 5.73 Å². The number of nitrogens with one attached hydrogen (secondary N) is 1. The van der Waals surface area contributed by atoms with Crippen molar-refractivity contribution in [2.24, 2.45) is 11.7 Å². The van der Waals surface area contributed by atoms with Crippen molar-refractivity contribution in [3.8, 4) is 0 Å². The number of halogens is 2. The molecule has 5 nitrogen and oxygen atoms in total. The van der Waals surface area contributed by atoms with Gasteiger partial charge in [0.1, 0.15) is 11.6 Å². The Morgan fingerprint density at radius 2 is 2.00 bits per heavy atom. The van der Waals surface area contributed by atoms with Gasteiger partial charge < -0.3 is 16.3 Å². The molecule has 176 valence electrons. The Hall–Kier alpha value is -3.45. The van der Waals surface area contributed by atoms with E-state index in [0.29, 0.717) is 30.4 Å². The summed E-state index contributed by atoms with van der Waals surface area (Å²) in [5.41, 5.74) is 13.6. The average Bonchev–Trinajstić information content (AvgIpc) is 3.37. The molecular formula is C27H27F2N3O2. The quantitative estimate of drug-likeness (QED) is 0.600. The number of amides is 1. The van der Waals surface area contributed by atoms with E-state index in [1.807, 2.05) is 11.2 Å². The average molecular weight is 464 g/mol. The molecule has 2 aliphatic carbocycles. The first-order valence-electron chi connectivity index (χ1n) is 11.5. The molecule has 7 heteroatoms. The predicted molar refractivity (Wildman–Crippen MR) is 126 cm³/mol. The van der Waals surface area contributed by atoms with E-state index < -0.39 is 17.3 Å². The fourth-order valence-corrected chi connectivity index (χ4v) is 5.58. The van der Waals surface area contributed by atoms with Crippen molar-refractivity contribution in [1.82, 2.24) is 5.43 Å². The zero-order chi connectivity index (χ0) is 24.0. The Bertz CT molecular complexity index is 1250. The molecule has 34 heavy (non-hydrogen) atoms. The summed E-state index contributed by atoms with van der Waals surface area (Å²) in [6, 6.07) is 11.1. The Kier molecular flexibility index (Phi) is 5.52. The van der Waals surface area contributed by atoms with Gasteiger partial charge >= 0.3 is 0 Å². The van der Waals surface area contributed by atoms with Crippen molar-refractivity contribution in [3.05, 3.63) is 99.9 Å². The normalized spacial score (nSPS) is 23.3. The van der Waals surface area contributed by atoms with Gasteiger partial charge in [-0.15, -0.1) is 0 Å². The van der Waals surface area contributed by atoms with Crippen molar-refractivity contribution in [3.63, 3.8) is 0 Å². The van der Waals surface area contributed by atoms with Crippen molar-refractivity contribution < 1.29 is 18.7 Å². The summed E-state index contributed by atoms with van der Waals surface area (Å²) in [6.07, 6.45) is 6.07. The largest absolute Gasteiger partial charge is 0.385 e. The van der Waals surface area contributed by atoms with Gasteiger partial charge in [-0.3, -0.25) is 9.80 Å². The van der Waals surface area contributed by atoms with E-state index in [2.05, 4.69) is 18.4 Å². The standard InChI is InChI=1S/C27H27F2N3O2/c1-16-22-15-31-32(20-7-5-19(28)6-8-20)24(22)13-18-10-12-27(34,26(16)18)11-9-17-3-2-4-23(29)21(17)14-25(30)33/h2-8,13,15-16,31,34H,9-12,14H2,1H3,(H2,30,33)/t16-,27+/m0/s1. The van der Waals surface area contributed by atoms with Crippen LogP contribution < -0.4 is 16.2 Å². The number of benzene rings is 2. The Morgan fingerprint density at radius 3 is 2.74 bits per heavy atom. The number of fused-ring (bicyclic) bond motifs is 1. The van der Waals surface area contributed by atoms with Crippen LogP contribution in [0.25, 0.3) is 0 Å². The monoisotopic (exact) mass is 463 g/mol. The van der Waals surface area contributed by atoms with E-state index in [0.717, 1.165) is 34.5 Å². The first-order valence-corrected chi connectivity index (χ1v) is 11.5. The molecule has 0 unspecified atom stereocenters. The zero-order valence-electron chi connectivity index (χ0n) is 18.9. The topological polar surface area (TPSA) is 78.6 Å². The molecule has 3 aliphatic rings. The minimum Gasteiger partial charge on any atom is -0.385 e. The molecule has 4 N–H and O–H groups in total. The third kappa shape index (κ3) is 3.80. The van der Waals surface area contributed by atoms with Gasteiger partial charge in [0.15, 0.2) is 0 Å². The van der Waals surface area contributed by atoms with Crippen LogP contribution in [0.3, 0.4) is 0 Å². The van der Waals surface area contributed by atoms with Crippen LogP contribution in [-0.4, -0.2) is 16.6 Å². The third-order valence-corrected chi connectivity index (χ3v) is 7.21. The minimum atomic E-state index is -1.02. The van der Waals surface area contributed by atoms with Gasteiger partial charge in [-0.1, -0.05) is 19.1 Å². The van der Waals surface area contributed by atoms with Gasteiger partial charge in [0.05, 0.1) is 23.4 Å². The second-order valence-corrected chi connectivity index (χ2v) is 9.28. The highest BCUT2D eigenvalue weighted by atomic mass is 19.1. The van der Waals surface area contributed by atoms with Gasteiger partial charge in [0.2, 0.25) is 5.91 Å². The number of rotatable bonds is 6. The second-order valence-electron chi connectivity index (χ2n) is 9.28. The summed E-state index contributed by atoms with van der Waals surface area (Å²) in [4.78, 5) is 11.4. The van der Waals surface area contributed by atoms with Crippen molar-refractivity contribution in [2.75, 3.05) is 5.01 Å². The Balaban J connectivity index is 1.42. The number of carbonyl (C=O) groups is 1. The van der Waals surface area contributed by atoms with Crippen LogP contribution in [0.1, 0.15) is 37.3 Å². The molecule has 0 saturated carbocycles. The Morgan fingerprint density at radius 1 is 1.24 bits per heavy atom. The molecule has 1 aliphatic heterocycles. The molecule has 2 aromatic carbocycles. The molecule has 0 radical (unpaired) electrons. The number of aryl methyl sites for hydroxylation is 1. The van der Waals surface area contributed by atoms with E-state index in [-0.39, 0.29) is 18.2 Å². The SMILES string of the molecule is C[C@H]1C2=CNN(c3ccc(F)cc3)C2=CC2=C1[C@@](O)(CCc1cccc(F)c1CC(N)=O)CC2. The summed E-state index contributed by atoms with van der Waals surface area (Å²) < 4.78 is 27.7. The van der Waals surface area contributed by atoms with E-state index in [1.54, 1.807) is 24.3 Å². The summed E-state index contributed by atoms with van der Waals surface area (Å²) in [7, 11) is 0. The first-order chi connectivity index (χ1) is 16.3. The summed E-state index contributed by atoms with van der Waals surface area (Å²) in [5, 5.41) is 13.6. The molecule has 0 saturated heterocycles. The van der Waals surface area contributed by atoms with Crippen molar-refractivity contribution in [2.45, 2.75) is 44.6 Å². The van der Waals surface area contributed by atoms with Crippen LogP contribution in [0.4, 0.5) is 14.5 Å². The van der Waals surface area contributed by atoms with E-state index >= 15 is 0 Å².